The zero-order chi connectivity index (χ0) is 19.6. The molecule has 1 aliphatic heterocycles. The van der Waals surface area contributed by atoms with Gasteiger partial charge in [0, 0.05) is 29.5 Å². The number of nitrogens with one attached hydrogen (secondary N) is 2. The number of amides is 1. The third-order valence-corrected chi connectivity index (χ3v) is 5.86. The van der Waals surface area contributed by atoms with E-state index in [1.54, 1.807) is 29.6 Å². The van der Waals surface area contributed by atoms with Crippen LogP contribution in [0.2, 0.25) is 0 Å². The number of rotatable bonds is 5. The number of carbonyl (C=O) groups is 1. The fourth-order valence-corrected chi connectivity index (χ4v) is 4.39. The number of nitrogens with zero attached hydrogens (tertiary/aromatic N) is 6. The van der Waals surface area contributed by atoms with E-state index >= 15 is 0 Å². The molecule has 1 atom stereocenters. The average Bonchev–Trinajstić information content (AvgIpc) is 3.51. The largest absolute Gasteiger partial charge is 0.308 e. The molecule has 1 aliphatic carbocycles. The molecule has 3 aromatic rings. The van der Waals surface area contributed by atoms with Crippen LogP contribution in [0.3, 0.4) is 0 Å². The van der Waals surface area contributed by atoms with Gasteiger partial charge in [0.1, 0.15) is 5.82 Å². The first kappa shape index (κ1) is 18.1. The Morgan fingerprint density at radius 3 is 2.79 bits per heavy atom. The third-order valence-electron chi connectivity index (χ3n) is 5.11. The molecule has 0 bridgehead atoms. The van der Waals surface area contributed by atoms with Gasteiger partial charge in [-0.25, -0.2) is 24.8 Å². The van der Waals surface area contributed by atoms with Gasteiger partial charge in [-0.15, -0.1) is 11.3 Å². The van der Waals surface area contributed by atoms with Crippen LogP contribution >= 0.6 is 11.3 Å². The van der Waals surface area contributed by atoms with E-state index in [9.17, 15) is 4.79 Å². The van der Waals surface area contributed by atoms with Crippen molar-refractivity contribution in [3.8, 4) is 0 Å². The molecule has 1 amide bonds. The summed E-state index contributed by atoms with van der Waals surface area (Å²) in [7, 11) is 0. The zero-order valence-corrected chi connectivity index (χ0v) is 16.5. The number of aryl methyl sites for hydroxylation is 1. The van der Waals surface area contributed by atoms with E-state index in [-0.39, 0.29) is 11.9 Å². The van der Waals surface area contributed by atoms with Crippen LogP contribution in [-0.4, -0.2) is 43.4 Å². The lowest BCUT2D eigenvalue weighted by Crippen LogP contribution is -2.42. The standard InChI is InChI=1S/C19H20N8OS/c28-16(14-6-2-7-20-14)27(19-23-10-11-29-19)18-24-13-5-1-4-12(13)15(26-18)25-17-21-8-3-9-22-17/h3,8-11,14,20H,1-2,4-7H2,(H,21,22,24,25,26)/t14-/m1/s1. The highest BCUT2D eigenvalue weighted by Gasteiger charge is 2.33. The van der Waals surface area contributed by atoms with E-state index in [1.807, 2.05) is 5.38 Å². The molecule has 0 radical (unpaired) electrons. The first-order valence-corrected chi connectivity index (χ1v) is 10.6. The summed E-state index contributed by atoms with van der Waals surface area (Å²) in [5.41, 5.74) is 2.02. The van der Waals surface area contributed by atoms with Crippen LogP contribution in [0.4, 0.5) is 22.8 Å². The van der Waals surface area contributed by atoms with Crippen LogP contribution in [0, 0.1) is 0 Å². The van der Waals surface area contributed by atoms with Crippen LogP contribution in [-0.2, 0) is 17.6 Å². The Hall–Kier alpha value is -2.98. The molecule has 5 rings (SSSR count). The van der Waals surface area contributed by atoms with Gasteiger partial charge in [-0.1, -0.05) is 0 Å². The summed E-state index contributed by atoms with van der Waals surface area (Å²) in [6.45, 7) is 0.839. The van der Waals surface area contributed by atoms with Crippen molar-refractivity contribution in [2.75, 3.05) is 16.8 Å². The second kappa shape index (κ2) is 7.80. The van der Waals surface area contributed by atoms with Crippen LogP contribution < -0.4 is 15.5 Å². The van der Waals surface area contributed by atoms with E-state index in [4.69, 9.17) is 9.97 Å². The number of hydrogen-bond donors (Lipinski definition) is 2. The van der Waals surface area contributed by atoms with Gasteiger partial charge in [0.05, 0.1) is 11.7 Å². The zero-order valence-electron chi connectivity index (χ0n) is 15.7. The number of carbonyl (C=O) groups excluding carboxylic acids is 1. The van der Waals surface area contributed by atoms with Crippen LogP contribution in [0.15, 0.2) is 30.0 Å². The third kappa shape index (κ3) is 3.56. The maximum Gasteiger partial charge on any atom is 0.252 e. The molecule has 0 aromatic carbocycles. The Morgan fingerprint density at radius 1 is 1.14 bits per heavy atom. The Labute approximate surface area is 171 Å². The number of aromatic nitrogens is 5. The van der Waals surface area contributed by atoms with E-state index in [0.29, 0.717) is 22.8 Å². The summed E-state index contributed by atoms with van der Waals surface area (Å²) < 4.78 is 0. The van der Waals surface area contributed by atoms with Crippen molar-refractivity contribution < 1.29 is 4.79 Å². The number of hydrogen-bond acceptors (Lipinski definition) is 9. The van der Waals surface area contributed by atoms with Crippen molar-refractivity contribution in [2.45, 2.75) is 38.1 Å². The summed E-state index contributed by atoms with van der Waals surface area (Å²) in [5.74, 6) is 1.40. The monoisotopic (exact) mass is 408 g/mol. The summed E-state index contributed by atoms with van der Waals surface area (Å²) in [6, 6.07) is 1.52. The molecule has 3 aromatic heterocycles. The van der Waals surface area contributed by atoms with Gasteiger partial charge >= 0.3 is 0 Å². The van der Waals surface area contributed by atoms with Gasteiger partial charge < -0.3 is 10.6 Å². The predicted molar refractivity (Wildman–Crippen MR) is 110 cm³/mol. The van der Waals surface area contributed by atoms with Gasteiger partial charge in [0.15, 0.2) is 5.13 Å². The molecule has 2 N–H and O–H groups in total. The first-order chi connectivity index (χ1) is 14.3. The minimum absolute atomic E-state index is 0.0719. The first-order valence-electron chi connectivity index (χ1n) is 9.70. The summed E-state index contributed by atoms with van der Waals surface area (Å²) in [4.78, 5) is 37.2. The molecule has 0 saturated carbocycles. The number of thiazole rings is 1. The second-order valence-electron chi connectivity index (χ2n) is 6.99. The van der Waals surface area contributed by atoms with Crippen molar-refractivity contribution in [1.82, 2.24) is 30.2 Å². The summed E-state index contributed by atoms with van der Waals surface area (Å²) >= 11 is 1.40. The van der Waals surface area contributed by atoms with Crippen LogP contribution in [0.1, 0.15) is 30.5 Å². The smallest absolute Gasteiger partial charge is 0.252 e. The van der Waals surface area contributed by atoms with Gasteiger partial charge in [0.25, 0.3) is 5.91 Å². The number of anilines is 4. The second-order valence-corrected chi connectivity index (χ2v) is 7.86. The molecule has 29 heavy (non-hydrogen) atoms. The fraction of sp³-hybridized carbons (Fsp3) is 0.368. The Balaban J connectivity index is 1.57. The van der Waals surface area contributed by atoms with Gasteiger partial charge in [-0.2, -0.15) is 4.98 Å². The average molecular weight is 408 g/mol. The van der Waals surface area contributed by atoms with Crippen LogP contribution in [0.5, 0.6) is 0 Å². The molecular weight excluding hydrogens is 388 g/mol. The Kier molecular flexibility index (Phi) is 4.86. The van der Waals surface area contributed by atoms with E-state index in [1.165, 1.54) is 11.3 Å². The molecule has 2 aliphatic rings. The molecule has 0 unspecified atom stereocenters. The quantitative estimate of drug-likeness (QED) is 0.662. The molecule has 4 heterocycles. The molecule has 1 fully saturated rings. The highest BCUT2D eigenvalue weighted by molar-refractivity contribution is 7.13. The van der Waals surface area contributed by atoms with Crippen molar-refractivity contribution >= 4 is 40.1 Å². The molecule has 148 valence electrons. The number of fused-ring (bicyclic) bond motifs is 1. The van der Waals surface area contributed by atoms with Gasteiger partial charge in [-0.3, -0.25) is 4.79 Å². The summed E-state index contributed by atoms with van der Waals surface area (Å²) in [6.07, 6.45) is 9.57. The molecular formula is C19H20N8OS. The highest BCUT2D eigenvalue weighted by Crippen LogP contribution is 2.33. The Bertz CT molecular complexity index is 1000. The predicted octanol–water partition coefficient (Wildman–Crippen LogP) is 2.37. The lowest BCUT2D eigenvalue weighted by molar-refractivity contribution is -0.119. The SMILES string of the molecule is O=C([C@H]1CCCN1)N(c1nc2c(c(Nc3ncccn3)n1)CCC2)c1nccs1. The molecule has 1 saturated heterocycles. The van der Waals surface area contributed by atoms with Crippen molar-refractivity contribution in [2.24, 2.45) is 0 Å². The van der Waals surface area contributed by atoms with Crippen molar-refractivity contribution in [3.05, 3.63) is 41.3 Å². The molecule has 0 spiro atoms. The van der Waals surface area contributed by atoms with Crippen molar-refractivity contribution in [1.29, 1.82) is 0 Å². The van der Waals surface area contributed by atoms with E-state index in [2.05, 4.69) is 25.6 Å². The maximum atomic E-state index is 13.3. The maximum absolute atomic E-state index is 13.3. The fourth-order valence-electron chi connectivity index (χ4n) is 3.75. The van der Waals surface area contributed by atoms with Gasteiger partial charge in [-0.05, 0) is 44.7 Å². The normalized spacial score (nSPS) is 17.9. The minimum Gasteiger partial charge on any atom is -0.308 e. The topological polar surface area (TPSA) is 109 Å². The minimum atomic E-state index is -0.246. The molecule has 10 heteroatoms. The summed E-state index contributed by atoms with van der Waals surface area (Å²) in [5, 5.41) is 8.90. The van der Waals surface area contributed by atoms with E-state index in [0.717, 1.165) is 49.9 Å². The van der Waals surface area contributed by atoms with Crippen LogP contribution in [0.25, 0.3) is 0 Å². The van der Waals surface area contributed by atoms with Gasteiger partial charge in [0.2, 0.25) is 11.9 Å². The Morgan fingerprint density at radius 2 is 2.03 bits per heavy atom. The lowest BCUT2D eigenvalue weighted by atomic mass is 10.2. The molecule has 9 nitrogen and oxygen atoms in total. The van der Waals surface area contributed by atoms with Crippen molar-refractivity contribution in [3.63, 3.8) is 0 Å². The lowest BCUT2D eigenvalue weighted by Gasteiger charge is -2.23. The highest BCUT2D eigenvalue weighted by atomic mass is 32.1. The van der Waals surface area contributed by atoms with E-state index < -0.39 is 0 Å².